The predicted molar refractivity (Wildman–Crippen MR) is 83.0 cm³/mol. The number of imidazole rings is 2. The number of aromatic nitrogens is 4. The summed E-state index contributed by atoms with van der Waals surface area (Å²) in [6.07, 6.45) is 9.38. The molecule has 1 aromatic carbocycles. The molecule has 0 amide bonds. The molecule has 0 spiro atoms. The van der Waals surface area contributed by atoms with Gasteiger partial charge in [-0.05, 0) is 24.6 Å². The topological polar surface area (TPSA) is 47.7 Å². The van der Waals surface area contributed by atoms with E-state index < -0.39 is 0 Å². The monoisotopic (exact) mass is 281 g/mol. The van der Waals surface area contributed by atoms with Gasteiger partial charge in [-0.3, -0.25) is 0 Å². The largest absolute Gasteiger partial charge is 0.379 e. The van der Waals surface area contributed by atoms with Crippen molar-refractivity contribution in [3.8, 4) is 0 Å². The number of nitrogens with one attached hydrogen (secondary N) is 1. The molecule has 1 N–H and O–H groups in total. The van der Waals surface area contributed by atoms with Crippen LogP contribution >= 0.6 is 0 Å². The molecular formula is C16H19N5. The van der Waals surface area contributed by atoms with Crippen molar-refractivity contribution in [1.82, 2.24) is 19.1 Å². The number of nitrogens with zero attached hydrogens (tertiary/aromatic N) is 4. The van der Waals surface area contributed by atoms with Crippen molar-refractivity contribution in [1.29, 1.82) is 0 Å². The van der Waals surface area contributed by atoms with Crippen LogP contribution in [0.2, 0.25) is 0 Å². The van der Waals surface area contributed by atoms with Gasteiger partial charge in [-0.2, -0.15) is 0 Å². The summed E-state index contributed by atoms with van der Waals surface area (Å²) in [5, 5.41) is 3.46. The molecule has 0 aliphatic carbocycles. The smallest absolute Gasteiger partial charge is 0.0949 e. The maximum Gasteiger partial charge on any atom is 0.0949 e. The maximum absolute atomic E-state index is 4.19. The highest BCUT2D eigenvalue weighted by Crippen LogP contribution is 2.13. The van der Waals surface area contributed by atoms with Crippen molar-refractivity contribution < 1.29 is 0 Å². The Bertz CT molecular complexity index is 684. The molecule has 2 heterocycles. The summed E-state index contributed by atoms with van der Waals surface area (Å²) in [5.74, 6) is 0. The Hall–Kier alpha value is -2.56. The van der Waals surface area contributed by atoms with Gasteiger partial charge < -0.3 is 14.5 Å². The molecule has 2 aromatic heterocycles. The molecule has 21 heavy (non-hydrogen) atoms. The Morgan fingerprint density at radius 3 is 2.95 bits per heavy atom. The number of aryl methyl sites for hydroxylation is 1. The van der Waals surface area contributed by atoms with E-state index in [9.17, 15) is 0 Å². The average Bonchev–Trinajstić information content (AvgIpc) is 3.16. The lowest BCUT2D eigenvalue weighted by atomic mass is 10.2. The third kappa shape index (κ3) is 3.31. The summed E-state index contributed by atoms with van der Waals surface area (Å²) in [6, 6.07) is 8.46. The second-order valence-electron chi connectivity index (χ2n) is 4.96. The summed E-state index contributed by atoms with van der Waals surface area (Å²) in [5.41, 5.74) is 3.57. The van der Waals surface area contributed by atoms with Crippen LogP contribution in [-0.4, -0.2) is 19.1 Å². The van der Waals surface area contributed by atoms with E-state index in [0.29, 0.717) is 0 Å². The number of benzene rings is 1. The lowest BCUT2D eigenvalue weighted by Crippen LogP contribution is -2.06. The molecule has 0 radical (unpaired) electrons. The lowest BCUT2D eigenvalue weighted by molar-refractivity contribution is 0.719. The van der Waals surface area contributed by atoms with E-state index in [2.05, 4.69) is 55.6 Å². The van der Waals surface area contributed by atoms with Crippen molar-refractivity contribution >= 4 is 5.69 Å². The molecule has 0 unspecified atom stereocenters. The zero-order valence-corrected chi connectivity index (χ0v) is 12.1. The third-order valence-electron chi connectivity index (χ3n) is 3.46. The van der Waals surface area contributed by atoms with Crippen LogP contribution in [0.5, 0.6) is 0 Å². The van der Waals surface area contributed by atoms with Gasteiger partial charge in [-0.25, -0.2) is 9.97 Å². The van der Waals surface area contributed by atoms with Crippen LogP contribution in [0.1, 0.15) is 18.2 Å². The zero-order valence-electron chi connectivity index (χ0n) is 12.1. The SMILES string of the molecule is CCn1cncc1CNc1cccc(Cn2ccnc2)c1. The first-order valence-corrected chi connectivity index (χ1v) is 7.12. The molecule has 0 bridgehead atoms. The van der Waals surface area contributed by atoms with Crippen LogP contribution in [-0.2, 0) is 19.6 Å². The first kappa shape index (κ1) is 13.4. The molecule has 0 aliphatic rings. The summed E-state index contributed by atoms with van der Waals surface area (Å²) in [6.45, 7) is 4.68. The van der Waals surface area contributed by atoms with Gasteiger partial charge in [0.15, 0.2) is 0 Å². The summed E-state index contributed by atoms with van der Waals surface area (Å²) < 4.78 is 4.20. The quantitative estimate of drug-likeness (QED) is 0.756. The molecule has 0 saturated heterocycles. The van der Waals surface area contributed by atoms with Gasteiger partial charge in [0.05, 0.1) is 24.9 Å². The summed E-state index contributed by atoms with van der Waals surface area (Å²) in [4.78, 5) is 8.25. The van der Waals surface area contributed by atoms with E-state index in [4.69, 9.17) is 0 Å². The third-order valence-corrected chi connectivity index (χ3v) is 3.46. The van der Waals surface area contributed by atoms with Gasteiger partial charge >= 0.3 is 0 Å². The van der Waals surface area contributed by atoms with Gasteiger partial charge in [0.1, 0.15) is 0 Å². The van der Waals surface area contributed by atoms with Crippen molar-refractivity contribution in [2.24, 2.45) is 0 Å². The summed E-state index contributed by atoms with van der Waals surface area (Å²) >= 11 is 0. The van der Waals surface area contributed by atoms with Crippen molar-refractivity contribution in [2.45, 2.75) is 26.6 Å². The molecule has 0 fully saturated rings. The Morgan fingerprint density at radius 1 is 1.19 bits per heavy atom. The van der Waals surface area contributed by atoms with E-state index in [1.165, 1.54) is 11.3 Å². The molecule has 5 heteroatoms. The van der Waals surface area contributed by atoms with E-state index in [1.54, 1.807) is 6.20 Å². The molecule has 3 aromatic rings. The van der Waals surface area contributed by atoms with E-state index in [1.807, 2.05) is 25.0 Å². The minimum atomic E-state index is 0.780. The molecular weight excluding hydrogens is 262 g/mol. The van der Waals surface area contributed by atoms with Crippen LogP contribution < -0.4 is 5.32 Å². The molecule has 0 saturated carbocycles. The number of hydrogen-bond donors (Lipinski definition) is 1. The Kier molecular flexibility index (Phi) is 4.00. The summed E-state index contributed by atoms with van der Waals surface area (Å²) in [7, 11) is 0. The van der Waals surface area contributed by atoms with Crippen LogP contribution in [0.4, 0.5) is 5.69 Å². The second kappa shape index (κ2) is 6.26. The van der Waals surface area contributed by atoms with Gasteiger partial charge in [-0.1, -0.05) is 12.1 Å². The Balaban J connectivity index is 1.66. The van der Waals surface area contributed by atoms with Crippen LogP contribution in [0, 0.1) is 0 Å². The first-order valence-electron chi connectivity index (χ1n) is 7.12. The molecule has 5 nitrogen and oxygen atoms in total. The molecule has 0 atom stereocenters. The Labute approximate surface area is 124 Å². The van der Waals surface area contributed by atoms with Gasteiger partial charge in [0.2, 0.25) is 0 Å². The second-order valence-corrected chi connectivity index (χ2v) is 4.96. The average molecular weight is 281 g/mol. The first-order chi connectivity index (χ1) is 10.3. The van der Waals surface area contributed by atoms with Gasteiger partial charge in [-0.15, -0.1) is 0 Å². The maximum atomic E-state index is 4.19. The zero-order chi connectivity index (χ0) is 14.5. The number of hydrogen-bond acceptors (Lipinski definition) is 3. The predicted octanol–water partition coefficient (Wildman–Crippen LogP) is 2.76. The Morgan fingerprint density at radius 2 is 2.14 bits per heavy atom. The minimum absolute atomic E-state index is 0.780. The van der Waals surface area contributed by atoms with Crippen molar-refractivity contribution in [3.05, 3.63) is 66.8 Å². The van der Waals surface area contributed by atoms with Crippen LogP contribution in [0.3, 0.4) is 0 Å². The number of anilines is 1. The molecule has 0 aliphatic heterocycles. The van der Waals surface area contributed by atoms with Crippen molar-refractivity contribution in [3.63, 3.8) is 0 Å². The van der Waals surface area contributed by atoms with Crippen molar-refractivity contribution in [2.75, 3.05) is 5.32 Å². The molecule has 3 rings (SSSR count). The minimum Gasteiger partial charge on any atom is -0.379 e. The fourth-order valence-corrected chi connectivity index (χ4v) is 2.34. The highest BCUT2D eigenvalue weighted by molar-refractivity contribution is 5.46. The van der Waals surface area contributed by atoms with E-state index in [0.717, 1.165) is 25.3 Å². The van der Waals surface area contributed by atoms with E-state index in [-0.39, 0.29) is 0 Å². The van der Waals surface area contributed by atoms with Gasteiger partial charge in [0.25, 0.3) is 0 Å². The van der Waals surface area contributed by atoms with Crippen LogP contribution in [0.25, 0.3) is 0 Å². The number of rotatable bonds is 6. The fraction of sp³-hybridized carbons (Fsp3) is 0.250. The normalized spacial score (nSPS) is 10.7. The van der Waals surface area contributed by atoms with Gasteiger partial charge in [0, 0.05) is 37.4 Å². The highest BCUT2D eigenvalue weighted by atomic mass is 15.1. The lowest BCUT2D eigenvalue weighted by Gasteiger charge is -2.10. The fourth-order valence-electron chi connectivity index (χ4n) is 2.34. The van der Waals surface area contributed by atoms with E-state index >= 15 is 0 Å². The standard InChI is InChI=1S/C16H19N5/c1-2-21-13-18-9-16(21)10-19-15-5-3-4-14(8-15)11-20-7-6-17-12-20/h3-9,12-13,19H,2,10-11H2,1H3. The molecule has 108 valence electrons. The van der Waals surface area contributed by atoms with Crippen LogP contribution in [0.15, 0.2) is 55.5 Å². The highest BCUT2D eigenvalue weighted by Gasteiger charge is 2.01.